The van der Waals surface area contributed by atoms with E-state index in [4.69, 9.17) is 5.73 Å². The van der Waals surface area contributed by atoms with Crippen LogP contribution in [-0.2, 0) is 16.0 Å². The van der Waals surface area contributed by atoms with Gasteiger partial charge in [0.1, 0.15) is 29.1 Å². The number of nitrogens with zero attached hydrogens (tertiary/aromatic N) is 2. The first kappa shape index (κ1) is 22.5. The molecule has 0 spiro atoms. The van der Waals surface area contributed by atoms with Crippen molar-refractivity contribution in [2.75, 3.05) is 14.1 Å². The van der Waals surface area contributed by atoms with Crippen LogP contribution in [0.15, 0.2) is 47.5 Å². The maximum Gasteiger partial charge on any atom is 0.191 e. The standard InChI is InChI=1S/C22H26F3N3O/c1-21(2,25)15-8-6-14(7-9-15)18(13-29)22(3,27-20(26)28(4)5)17-11-10-16(23)12-19(17)24/h6-13,18H,1-5H3,(H2,26,27). The smallest absolute Gasteiger partial charge is 0.191 e. The van der Waals surface area contributed by atoms with E-state index in [1.807, 2.05) is 0 Å². The van der Waals surface area contributed by atoms with Gasteiger partial charge in [-0.2, -0.15) is 0 Å². The molecule has 2 atom stereocenters. The Morgan fingerprint density at radius 2 is 1.69 bits per heavy atom. The first-order valence-corrected chi connectivity index (χ1v) is 9.13. The Bertz CT molecular complexity index is 905. The first-order valence-electron chi connectivity index (χ1n) is 9.13. The lowest BCUT2D eigenvalue weighted by molar-refractivity contribution is -0.110. The maximum atomic E-state index is 14.7. The van der Waals surface area contributed by atoms with Crippen LogP contribution in [0, 0.1) is 11.6 Å². The monoisotopic (exact) mass is 405 g/mol. The summed E-state index contributed by atoms with van der Waals surface area (Å²) in [6.45, 7) is 4.42. The van der Waals surface area contributed by atoms with Crippen molar-refractivity contribution in [3.63, 3.8) is 0 Å². The maximum absolute atomic E-state index is 14.7. The Hall–Kier alpha value is -2.83. The van der Waals surface area contributed by atoms with Crippen molar-refractivity contribution in [3.8, 4) is 0 Å². The molecule has 2 aromatic carbocycles. The van der Waals surface area contributed by atoms with E-state index in [9.17, 15) is 18.0 Å². The zero-order valence-corrected chi connectivity index (χ0v) is 17.2. The molecule has 0 aliphatic heterocycles. The average molecular weight is 405 g/mol. The molecule has 7 heteroatoms. The van der Waals surface area contributed by atoms with E-state index in [-0.39, 0.29) is 11.5 Å². The third-order valence-corrected chi connectivity index (χ3v) is 4.98. The Balaban J connectivity index is 2.68. The van der Waals surface area contributed by atoms with Gasteiger partial charge >= 0.3 is 0 Å². The fraction of sp³-hybridized carbons (Fsp3) is 0.364. The Kier molecular flexibility index (Phi) is 6.40. The van der Waals surface area contributed by atoms with E-state index in [1.165, 1.54) is 24.8 Å². The molecule has 29 heavy (non-hydrogen) atoms. The number of guanidine groups is 1. The number of halogens is 3. The van der Waals surface area contributed by atoms with Crippen LogP contribution in [-0.4, -0.2) is 31.2 Å². The quantitative estimate of drug-likeness (QED) is 0.444. The van der Waals surface area contributed by atoms with Gasteiger partial charge in [-0.15, -0.1) is 0 Å². The van der Waals surface area contributed by atoms with Gasteiger partial charge in [0.2, 0.25) is 0 Å². The van der Waals surface area contributed by atoms with E-state index >= 15 is 0 Å². The highest BCUT2D eigenvalue weighted by Gasteiger charge is 2.40. The highest BCUT2D eigenvalue weighted by molar-refractivity contribution is 5.79. The number of aliphatic imine (C=N–C) groups is 1. The van der Waals surface area contributed by atoms with Crippen LogP contribution in [0.25, 0.3) is 0 Å². The normalized spacial score (nSPS) is 15.5. The van der Waals surface area contributed by atoms with Gasteiger partial charge in [-0.1, -0.05) is 30.3 Å². The molecule has 0 amide bonds. The fourth-order valence-corrected chi connectivity index (χ4v) is 3.16. The lowest BCUT2D eigenvalue weighted by Gasteiger charge is -2.33. The summed E-state index contributed by atoms with van der Waals surface area (Å²) in [7, 11) is 3.32. The molecule has 2 unspecified atom stereocenters. The van der Waals surface area contributed by atoms with Crippen LogP contribution in [0.2, 0.25) is 0 Å². The van der Waals surface area contributed by atoms with Crippen LogP contribution < -0.4 is 5.73 Å². The van der Waals surface area contributed by atoms with Gasteiger partial charge in [0.15, 0.2) is 5.96 Å². The van der Waals surface area contributed by atoms with E-state index in [0.29, 0.717) is 17.4 Å². The Morgan fingerprint density at radius 3 is 2.14 bits per heavy atom. The van der Waals surface area contributed by atoms with Gasteiger partial charge < -0.3 is 15.4 Å². The van der Waals surface area contributed by atoms with E-state index < -0.39 is 28.8 Å². The van der Waals surface area contributed by atoms with Gasteiger partial charge in [-0.05, 0) is 38.0 Å². The highest BCUT2D eigenvalue weighted by Crippen LogP contribution is 2.41. The third-order valence-electron chi connectivity index (χ3n) is 4.98. The topological polar surface area (TPSA) is 58.7 Å². The van der Waals surface area contributed by atoms with E-state index in [1.54, 1.807) is 45.3 Å². The minimum Gasteiger partial charge on any atom is -0.370 e. The number of hydrogen-bond donors (Lipinski definition) is 1. The predicted molar refractivity (Wildman–Crippen MR) is 108 cm³/mol. The molecule has 0 heterocycles. The minimum absolute atomic E-state index is 0.0238. The molecule has 4 nitrogen and oxygen atoms in total. The highest BCUT2D eigenvalue weighted by atomic mass is 19.1. The average Bonchev–Trinajstić information content (AvgIpc) is 2.61. The summed E-state index contributed by atoms with van der Waals surface area (Å²) in [6.07, 6.45) is 0.644. The number of alkyl halides is 1. The van der Waals surface area contributed by atoms with Crippen LogP contribution in [0.5, 0.6) is 0 Å². The van der Waals surface area contributed by atoms with Crippen molar-refractivity contribution in [1.82, 2.24) is 4.90 Å². The van der Waals surface area contributed by atoms with Crippen LogP contribution in [0.3, 0.4) is 0 Å². The molecule has 0 aromatic heterocycles. The van der Waals surface area contributed by atoms with Crippen molar-refractivity contribution in [3.05, 3.63) is 70.8 Å². The fourth-order valence-electron chi connectivity index (χ4n) is 3.16. The van der Waals surface area contributed by atoms with Gasteiger partial charge in [0.25, 0.3) is 0 Å². The van der Waals surface area contributed by atoms with Crippen molar-refractivity contribution in [1.29, 1.82) is 0 Å². The zero-order chi connectivity index (χ0) is 22.0. The van der Waals surface area contributed by atoms with Gasteiger partial charge in [-0.25, -0.2) is 18.2 Å². The zero-order valence-electron chi connectivity index (χ0n) is 17.2. The van der Waals surface area contributed by atoms with Gasteiger partial charge in [-0.3, -0.25) is 0 Å². The third kappa shape index (κ3) is 4.78. The SMILES string of the molecule is CN(C)C(N)=NC(C)(c1ccc(F)cc1F)C(C=O)c1ccc(C(C)(C)F)cc1. The summed E-state index contributed by atoms with van der Waals surface area (Å²) in [6, 6.07) is 9.47. The predicted octanol–water partition coefficient (Wildman–Crippen LogP) is 4.24. The number of benzene rings is 2. The number of hydrogen-bond acceptors (Lipinski definition) is 2. The summed E-state index contributed by atoms with van der Waals surface area (Å²) in [5.74, 6) is -2.45. The summed E-state index contributed by atoms with van der Waals surface area (Å²) in [5.41, 5.74) is 3.96. The number of aldehydes is 1. The van der Waals surface area contributed by atoms with Crippen molar-refractivity contribution in [2.24, 2.45) is 10.7 Å². The van der Waals surface area contributed by atoms with Crippen LogP contribution >= 0.6 is 0 Å². The molecule has 0 saturated carbocycles. The lowest BCUT2D eigenvalue weighted by atomic mass is 9.76. The van der Waals surface area contributed by atoms with Crippen molar-refractivity contribution < 1.29 is 18.0 Å². The molecular weight excluding hydrogens is 379 g/mol. The Morgan fingerprint density at radius 1 is 1.10 bits per heavy atom. The van der Waals surface area contributed by atoms with Gasteiger partial charge in [0.05, 0.1) is 5.92 Å². The van der Waals surface area contributed by atoms with Crippen molar-refractivity contribution in [2.45, 2.75) is 37.9 Å². The van der Waals surface area contributed by atoms with Crippen LogP contribution in [0.1, 0.15) is 43.4 Å². The molecule has 156 valence electrons. The van der Waals surface area contributed by atoms with Crippen molar-refractivity contribution >= 4 is 12.2 Å². The molecule has 0 aliphatic carbocycles. The number of nitrogens with two attached hydrogens (primary N) is 1. The molecule has 0 fully saturated rings. The second-order valence-corrected chi connectivity index (χ2v) is 7.84. The molecule has 2 N–H and O–H groups in total. The summed E-state index contributed by atoms with van der Waals surface area (Å²) < 4.78 is 42.4. The van der Waals surface area contributed by atoms with E-state index in [2.05, 4.69) is 4.99 Å². The summed E-state index contributed by atoms with van der Waals surface area (Å²) in [5, 5.41) is 0. The van der Waals surface area contributed by atoms with E-state index in [0.717, 1.165) is 12.1 Å². The van der Waals surface area contributed by atoms with Crippen LogP contribution in [0.4, 0.5) is 13.2 Å². The molecule has 0 radical (unpaired) electrons. The molecule has 2 aromatic rings. The number of carbonyl (C=O) groups is 1. The Labute approximate surface area is 169 Å². The number of rotatable bonds is 6. The second-order valence-electron chi connectivity index (χ2n) is 7.84. The minimum atomic E-state index is -1.55. The molecule has 0 bridgehead atoms. The van der Waals surface area contributed by atoms with Gasteiger partial charge in [0, 0.05) is 25.7 Å². The number of carbonyl (C=O) groups excluding carboxylic acids is 1. The largest absolute Gasteiger partial charge is 0.370 e. The summed E-state index contributed by atoms with van der Waals surface area (Å²) in [4.78, 5) is 18.1. The second kappa shape index (κ2) is 8.27. The molecule has 2 rings (SSSR count). The summed E-state index contributed by atoms with van der Waals surface area (Å²) >= 11 is 0. The molecule has 0 aliphatic rings. The lowest BCUT2D eigenvalue weighted by Crippen LogP contribution is -2.38. The first-order chi connectivity index (χ1) is 13.4. The molecule has 0 saturated heterocycles. The molecular formula is C22H26F3N3O.